The number of hydrogen-bond acceptors (Lipinski definition) is 4. The fraction of sp³-hybridized carbons (Fsp3) is 0.133. The predicted molar refractivity (Wildman–Crippen MR) is 81.1 cm³/mol. The molecular weight excluding hydrogens is 388 g/mol. The van der Waals surface area contributed by atoms with Gasteiger partial charge in [0.05, 0.1) is 21.0 Å². The van der Waals surface area contributed by atoms with E-state index in [1.165, 1.54) is 0 Å². The minimum atomic E-state index is -5.04. The van der Waals surface area contributed by atoms with Crippen molar-refractivity contribution in [1.29, 1.82) is 0 Å². The number of carbonyl (C=O) groups is 1. The van der Waals surface area contributed by atoms with Crippen molar-refractivity contribution in [1.82, 2.24) is 0 Å². The van der Waals surface area contributed by atoms with Gasteiger partial charge in [-0.15, -0.1) is 0 Å². The van der Waals surface area contributed by atoms with Crippen LogP contribution in [0, 0.1) is 5.82 Å². The zero-order valence-corrected chi connectivity index (χ0v) is 13.9. The third-order valence-electron chi connectivity index (χ3n) is 3.28. The molecule has 0 aliphatic heterocycles. The summed E-state index contributed by atoms with van der Waals surface area (Å²) < 4.78 is 74.3. The van der Waals surface area contributed by atoms with Crippen LogP contribution in [0.15, 0.2) is 35.2 Å². The second kappa shape index (κ2) is 6.30. The Morgan fingerprint density at radius 3 is 2.16 bits per heavy atom. The first-order valence-electron chi connectivity index (χ1n) is 6.47. The lowest BCUT2D eigenvalue weighted by molar-refractivity contribution is -0.140. The van der Waals surface area contributed by atoms with Crippen LogP contribution in [0.4, 0.5) is 17.6 Å². The van der Waals surface area contributed by atoms with Crippen molar-refractivity contribution in [2.45, 2.75) is 11.1 Å². The maximum atomic E-state index is 13.7. The molecule has 134 valence electrons. The quantitative estimate of drug-likeness (QED) is 0.632. The SMILES string of the molecule is CS(=O)(=O)c1ccc(C(=O)c2ccc(C(F)(F)F)c(F)c2O)c(Cl)c1. The zero-order valence-electron chi connectivity index (χ0n) is 12.4. The van der Waals surface area contributed by atoms with Gasteiger partial charge < -0.3 is 5.11 Å². The van der Waals surface area contributed by atoms with E-state index in [0.717, 1.165) is 24.5 Å². The van der Waals surface area contributed by atoms with Crippen LogP contribution < -0.4 is 0 Å². The molecule has 0 aliphatic rings. The molecule has 2 rings (SSSR count). The number of carbonyl (C=O) groups excluding carboxylic acids is 1. The van der Waals surface area contributed by atoms with E-state index in [-0.39, 0.29) is 15.5 Å². The monoisotopic (exact) mass is 396 g/mol. The van der Waals surface area contributed by atoms with Gasteiger partial charge in [0, 0.05) is 11.8 Å². The van der Waals surface area contributed by atoms with Gasteiger partial charge in [-0.1, -0.05) is 11.6 Å². The zero-order chi connectivity index (χ0) is 19.2. The van der Waals surface area contributed by atoms with Gasteiger partial charge in [-0.2, -0.15) is 13.2 Å². The summed E-state index contributed by atoms with van der Waals surface area (Å²) in [6.45, 7) is 0. The van der Waals surface area contributed by atoms with Crippen molar-refractivity contribution in [2.75, 3.05) is 6.26 Å². The lowest BCUT2D eigenvalue weighted by Crippen LogP contribution is -2.11. The maximum absolute atomic E-state index is 13.7. The van der Waals surface area contributed by atoms with E-state index in [2.05, 4.69) is 0 Å². The van der Waals surface area contributed by atoms with Gasteiger partial charge in [0.25, 0.3) is 0 Å². The molecule has 2 aromatic carbocycles. The van der Waals surface area contributed by atoms with Gasteiger partial charge in [-0.05, 0) is 30.3 Å². The van der Waals surface area contributed by atoms with Crippen LogP contribution in [0.5, 0.6) is 5.75 Å². The Morgan fingerprint density at radius 2 is 1.68 bits per heavy atom. The third kappa shape index (κ3) is 3.77. The average molecular weight is 397 g/mol. The molecule has 2 aromatic rings. The van der Waals surface area contributed by atoms with E-state index in [0.29, 0.717) is 12.1 Å². The molecule has 0 fully saturated rings. The summed E-state index contributed by atoms with van der Waals surface area (Å²) in [7, 11) is -3.60. The smallest absolute Gasteiger partial charge is 0.419 e. The molecule has 0 spiro atoms. The highest BCUT2D eigenvalue weighted by Crippen LogP contribution is 2.37. The highest BCUT2D eigenvalue weighted by Gasteiger charge is 2.36. The van der Waals surface area contributed by atoms with Gasteiger partial charge >= 0.3 is 6.18 Å². The van der Waals surface area contributed by atoms with E-state index in [4.69, 9.17) is 11.6 Å². The molecule has 0 atom stereocenters. The predicted octanol–water partition coefficient (Wildman–Crippen LogP) is 3.84. The molecule has 0 heterocycles. The van der Waals surface area contributed by atoms with Crippen molar-refractivity contribution < 1.29 is 35.9 Å². The Bertz CT molecular complexity index is 968. The number of phenols is 1. The Hall–Kier alpha value is -2.13. The van der Waals surface area contributed by atoms with E-state index in [1.807, 2.05) is 0 Å². The highest BCUT2D eigenvalue weighted by atomic mass is 35.5. The number of benzene rings is 2. The molecule has 0 aliphatic carbocycles. The van der Waals surface area contributed by atoms with Crippen molar-refractivity contribution in [3.63, 3.8) is 0 Å². The third-order valence-corrected chi connectivity index (χ3v) is 4.70. The van der Waals surface area contributed by atoms with Crippen LogP contribution in [-0.4, -0.2) is 25.6 Å². The number of sulfone groups is 1. The molecule has 0 bridgehead atoms. The summed E-state index contributed by atoms with van der Waals surface area (Å²) in [5.74, 6) is -4.51. The van der Waals surface area contributed by atoms with Crippen molar-refractivity contribution in [3.8, 4) is 5.75 Å². The molecule has 4 nitrogen and oxygen atoms in total. The normalized spacial score (nSPS) is 12.2. The van der Waals surface area contributed by atoms with Crippen molar-refractivity contribution in [2.24, 2.45) is 0 Å². The van der Waals surface area contributed by atoms with Gasteiger partial charge in [-0.3, -0.25) is 4.79 Å². The van der Waals surface area contributed by atoms with Gasteiger partial charge in [0.1, 0.15) is 0 Å². The van der Waals surface area contributed by atoms with Crippen LogP contribution in [0.3, 0.4) is 0 Å². The molecule has 0 amide bonds. The standard InChI is InChI=1S/C15H9ClF4O4S/c1-25(23,24)7-2-3-8(11(16)6-7)13(21)9-4-5-10(15(18,19)20)12(17)14(9)22/h2-6,22H,1H3. The lowest BCUT2D eigenvalue weighted by Gasteiger charge is -2.12. The molecule has 25 heavy (non-hydrogen) atoms. The van der Waals surface area contributed by atoms with Gasteiger partial charge in [0.15, 0.2) is 27.2 Å². The minimum Gasteiger partial charge on any atom is -0.504 e. The lowest BCUT2D eigenvalue weighted by atomic mass is 10.00. The van der Waals surface area contributed by atoms with Crippen LogP contribution in [0.1, 0.15) is 21.5 Å². The molecule has 0 saturated carbocycles. The van der Waals surface area contributed by atoms with E-state index in [1.54, 1.807) is 0 Å². The minimum absolute atomic E-state index is 0.183. The van der Waals surface area contributed by atoms with Crippen LogP contribution in [0.25, 0.3) is 0 Å². The first kappa shape index (κ1) is 19.2. The number of rotatable bonds is 3. The van der Waals surface area contributed by atoms with E-state index < -0.39 is 44.5 Å². The van der Waals surface area contributed by atoms with E-state index in [9.17, 15) is 35.9 Å². The Balaban J connectivity index is 2.54. The Labute approximate surface area is 144 Å². The molecule has 0 aromatic heterocycles. The Kier molecular flexibility index (Phi) is 4.84. The summed E-state index contributed by atoms with van der Waals surface area (Å²) in [4.78, 5) is 12.1. The number of ketones is 1. The average Bonchev–Trinajstić information content (AvgIpc) is 2.47. The first-order chi connectivity index (χ1) is 11.3. The summed E-state index contributed by atoms with van der Waals surface area (Å²) in [5.41, 5.74) is -2.76. The van der Waals surface area contributed by atoms with Crippen LogP contribution >= 0.6 is 11.6 Å². The van der Waals surface area contributed by atoms with Crippen LogP contribution in [0.2, 0.25) is 5.02 Å². The number of hydrogen-bond donors (Lipinski definition) is 1. The number of halogens is 5. The molecule has 1 N–H and O–H groups in total. The molecule has 10 heteroatoms. The second-order valence-electron chi connectivity index (χ2n) is 5.06. The second-order valence-corrected chi connectivity index (χ2v) is 7.49. The fourth-order valence-electron chi connectivity index (χ4n) is 2.02. The number of phenolic OH excluding ortho intramolecular Hbond substituents is 1. The van der Waals surface area contributed by atoms with Crippen molar-refractivity contribution in [3.05, 3.63) is 57.9 Å². The topological polar surface area (TPSA) is 71.4 Å². The number of alkyl halides is 3. The summed E-state index contributed by atoms with van der Waals surface area (Å²) >= 11 is 5.84. The largest absolute Gasteiger partial charge is 0.504 e. The summed E-state index contributed by atoms with van der Waals surface area (Å²) in [6, 6.07) is 4.00. The highest BCUT2D eigenvalue weighted by molar-refractivity contribution is 7.90. The molecule has 0 unspecified atom stereocenters. The van der Waals surface area contributed by atoms with Gasteiger partial charge in [-0.25, -0.2) is 12.8 Å². The van der Waals surface area contributed by atoms with Gasteiger partial charge in [0.2, 0.25) is 0 Å². The van der Waals surface area contributed by atoms with Crippen molar-refractivity contribution >= 4 is 27.2 Å². The number of aromatic hydroxyl groups is 1. The fourth-order valence-corrected chi connectivity index (χ4v) is 3.00. The molecular formula is C15H9ClF4O4S. The summed E-state index contributed by atoms with van der Waals surface area (Å²) in [5, 5.41) is 9.30. The van der Waals surface area contributed by atoms with Crippen LogP contribution in [-0.2, 0) is 16.0 Å². The Morgan fingerprint density at radius 1 is 1.12 bits per heavy atom. The molecule has 0 saturated heterocycles. The maximum Gasteiger partial charge on any atom is 0.419 e. The molecule has 0 radical (unpaired) electrons. The first-order valence-corrected chi connectivity index (χ1v) is 8.74. The van der Waals surface area contributed by atoms with E-state index >= 15 is 0 Å². The summed E-state index contributed by atoms with van der Waals surface area (Å²) in [6.07, 6.45) is -4.13.